The van der Waals surface area contributed by atoms with Crippen LogP contribution in [-0.2, 0) is 11.3 Å². The van der Waals surface area contributed by atoms with E-state index in [1.807, 2.05) is 70.1 Å². The number of aromatic nitrogens is 2. The number of hydrogen-bond donors (Lipinski definition) is 0. The molecule has 0 aliphatic carbocycles. The van der Waals surface area contributed by atoms with Gasteiger partial charge in [0.2, 0.25) is 5.91 Å². The summed E-state index contributed by atoms with van der Waals surface area (Å²) in [6.07, 6.45) is 8.83. The zero-order valence-electron chi connectivity index (χ0n) is 19.1. The number of nitrogens with zero attached hydrogens (tertiary/aromatic N) is 4. The van der Waals surface area contributed by atoms with Gasteiger partial charge in [0.1, 0.15) is 0 Å². The first kappa shape index (κ1) is 21.4. The Balaban J connectivity index is 1.50. The number of hydrogen-bond acceptors (Lipinski definition) is 3. The second-order valence-electron chi connectivity index (χ2n) is 9.30. The molecule has 0 N–H and O–H groups in total. The van der Waals surface area contributed by atoms with Gasteiger partial charge in [-0.1, -0.05) is 55.0 Å². The average Bonchev–Trinajstić information content (AvgIpc) is 3.47. The van der Waals surface area contributed by atoms with Crippen LogP contribution in [0.2, 0.25) is 0 Å². The smallest absolute Gasteiger partial charge is 0.254 e. The molecular formula is C27H30N4O2. The summed E-state index contributed by atoms with van der Waals surface area (Å²) < 4.78 is 1.97. The lowest BCUT2D eigenvalue weighted by atomic mass is 9.78. The SMILES string of the molecule is CN1C(=O)CCCC[C@]12CN(C(=O)c1ccccc1Cn1ccnc1)C[C@H]2c1ccccc1. The minimum absolute atomic E-state index is 0.0358. The molecule has 3 heterocycles. The van der Waals surface area contributed by atoms with Gasteiger partial charge < -0.3 is 14.4 Å². The lowest BCUT2D eigenvalue weighted by Crippen LogP contribution is -2.53. The van der Waals surface area contributed by atoms with E-state index in [2.05, 4.69) is 17.1 Å². The molecule has 6 nitrogen and oxygen atoms in total. The first-order chi connectivity index (χ1) is 16.1. The van der Waals surface area contributed by atoms with Crippen molar-refractivity contribution in [2.24, 2.45) is 0 Å². The summed E-state index contributed by atoms with van der Waals surface area (Å²) >= 11 is 0. The number of likely N-dealkylation sites (tertiary alicyclic amines) is 2. The highest BCUT2D eigenvalue weighted by molar-refractivity contribution is 5.96. The second-order valence-corrected chi connectivity index (χ2v) is 9.30. The van der Waals surface area contributed by atoms with Crippen molar-refractivity contribution >= 4 is 11.8 Å². The molecule has 0 saturated carbocycles. The van der Waals surface area contributed by atoms with E-state index in [-0.39, 0.29) is 23.3 Å². The third-order valence-electron chi connectivity index (χ3n) is 7.46. The number of benzene rings is 2. The number of carbonyl (C=O) groups is 2. The fourth-order valence-corrected chi connectivity index (χ4v) is 5.65. The maximum absolute atomic E-state index is 13.9. The van der Waals surface area contributed by atoms with Gasteiger partial charge in [-0.15, -0.1) is 0 Å². The summed E-state index contributed by atoms with van der Waals surface area (Å²) in [5.41, 5.74) is 2.52. The molecule has 170 valence electrons. The van der Waals surface area contributed by atoms with Crippen LogP contribution in [0.4, 0.5) is 0 Å². The molecule has 2 aliphatic heterocycles. The van der Waals surface area contributed by atoms with Crippen LogP contribution in [0.3, 0.4) is 0 Å². The van der Waals surface area contributed by atoms with Crippen LogP contribution in [0.5, 0.6) is 0 Å². The molecule has 2 amide bonds. The van der Waals surface area contributed by atoms with E-state index >= 15 is 0 Å². The predicted octanol–water partition coefficient (Wildman–Crippen LogP) is 3.94. The average molecular weight is 443 g/mol. The lowest BCUT2D eigenvalue weighted by molar-refractivity contribution is -0.134. The van der Waals surface area contributed by atoms with Gasteiger partial charge in [0.25, 0.3) is 5.91 Å². The van der Waals surface area contributed by atoms with Crippen molar-refractivity contribution in [2.75, 3.05) is 20.1 Å². The molecule has 2 atom stereocenters. The lowest BCUT2D eigenvalue weighted by Gasteiger charge is -2.42. The summed E-state index contributed by atoms with van der Waals surface area (Å²) in [4.78, 5) is 34.9. The van der Waals surface area contributed by atoms with E-state index in [1.54, 1.807) is 12.5 Å². The van der Waals surface area contributed by atoms with E-state index in [9.17, 15) is 9.59 Å². The number of imidazole rings is 1. The molecule has 1 aromatic heterocycles. The minimum Gasteiger partial charge on any atom is -0.338 e. The standard InChI is InChI=1S/C27H30N4O2/c1-29-25(32)13-7-8-14-27(29)19-31(18-24(27)21-9-3-2-4-10-21)26(33)23-12-6-5-11-22(23)17-30-16-15-28-20-30/h2-6,9-12,15-16,20,24H,7-8,13-14,17-19H2,1H3/t24-,27+/m0/s1. The second kappa shape index (κ2) is 8.85. The molecule has 3 aromatic rings. The Kier molecular flexibility index (Phi) is 5.75. The third kappa shape index (κ3) is 3.94. The molecule has 2 aromatic carbocycles. The van der Waals surface area contributed by atoms with Gasteiger partial charge in [-0.25, -0.2) is 4.98 Å². The molecule has 2 saturated heterocycles. The van der Waals surface area contributed by atoms with Crippen LogP contribution in [0.15, 0.2) is 73.3 Å². The first-order valence-electron chi connectivity index (χ1n) is 11.7. The van der Waals surface area contributed by atoms with E-state index in [4.69, 9.17) is 0 Å². The normalized spacial score (nSPS) is 23.2. The van der Waals surface area contributed by atoms with Crippen LogP contribution in [0.25, 0.3) is 0 Å². The topological polar surface area (TPSA) is 58.4 Å². The molecule has 2 fully saturated rings. The van der Waals surface area contributed by atoms with Crippen molar-refractivity contribution in [3.05, 3.63) is 90.0 Å². The number of amides is 2. The zero-order valence-corrected chi connectivity index (χ0v) is 19.1. The van der Waals surface area contributed by atoms with Crippen molar-refractivity contribution < 1.29 is 9.59 Å². The highest BCUT2D eigenvalue weighted by Crippen LogP contribution is 2.45. The molecule has 0 bridgehead atoms. The highest BCUT2D eigenvalue weighted by Gasteiger charge is 2.52. The summed E-state index contributed by atoms with van der Waals surface area (Å²) in [6.45, 7) is 1.77. The van der Waals surface area contributed by atoms with Crippen molar-refractivity contribution in [2.45, 2.75) is 43.7 Å². The Bertz CT molecular complexity index is 1130. The maximum Gasteiger partial charge on any atom is 0.254 e. The minimum atomic E-state index is -0.371. The Morgan fingerprint density at radius 3 is 2.67 bits per heavy atom. The van der Waals surface area contributed by atoms with Crippen molar-refractivity contribution in [3.8, 4) is 0 Å². The van der Waals surface area contributed by atoms with Crippen LogP contribution in [0, 0.1) is 0 Å². The van der Waals surface area contributed by atoms with Gasteiger partial charge in [-0.3, -0.25) is 9.59 Å². The molecule has 1 spiro atoms. The van der Waals surface area contributed by atoms with E-state index in [1.165, 1.54) is 5.56 Å². The van der Waals surface area contributed by atoms with Crippen LogP contribution >= 0.6 is 0 Å². The predicted molar refractivity (Wildman–Crippen MR) is 127 cm³/mol. The zero-order chi connectivity index (χ0) is 22.8. The Morgan fingerprint density at radius 1 is 1.09 bits per heavy atom. The molecule has 5 rings (SSSR count). The third-order valence-corrected chi connectivity index (χ3v) is 7.46. The number of carbonyl (C=O) groups excluding carboxylic acids is 2. The largest absolute Gasteiger partial charge is 0.338 e. The van der Waals surface area contributed by atoms with E-state index < -0.39 is 0 Å². The van der Waals surface area contributed by atoms with Gasteiger partial charge in [0.15, 0.2) is 0 Å². The molecule has 6 heteroatoms. The van der Waals surface area contributed by atoms with Crippen LogP contribution < -0.4 is 0 Å². The van der Waals surface area contributed by atoms with Crippen molar-refractivity contribution in [1.29, 1.82) is 0 Å². The Hall–Kier alpha value is -3.41. The van der Waals surface area contributed by atoms with Gasteiger partial charge in [0, 0.05) is 57.0 Å². The van der Waals surface area contributed by atoms with Gasteiger partial charge in [-0.2, -0.15) is 0 Å². The number of rotatable bonds is 4. The van der Waals surface area contributed by atoms with E-state index in [0.29, 0.717) is 26.1 Å². The summed E-state index contributed by atoms with van der Waals surface area (Å²) in [7, 11) is 1.94. The molecule has 33 heavy (non-hydrogen) atoms. The molecule has 0 radical (unpaired) electrons. The fourth-order valence-electron chi connectivity index (χ4n) is 5.65. The molecule has 0 unspecified atom stereocenters. The maximum atomic E-state index is 13.9. The van der Waals surface area contributed by atoms with Gasteiger partial charge >= 0.3 is 0 Å². The van der Waals surface area contributed by atoms with Crippen molar-refractivity contribution in [3.63, 3.8) is 0 Å². The van der Waals surface area contributed by atoms with Crippen molar-refractivity contribution in [1.82, 2.24) is 19.4 Å². The molecular weight excluding hydrogens is 412 g/mol. The Morgan fingerprint density at radius 2 is 1.88 bits per heavy atom. The highest BCUT2D eigenvalue weighted by atomic mass is 16.2. The van der Waals surface area contributed by atoms with Crippen LogP contribution in [-0.4, -0.2) is 56.8 Å². The number of likely N-dealkylation sites (N-methyl/N-ethyl adjacent to an activating group) is 1. The summed E-state index contributed by atoms with van der Waals surface area (Å²) in [6, 6.07) is 18.2. The monoisotopic (exact) mass is 442 g/mol. The van der Waals surface area contributed by atoms with Gasteiger partial charge in [0.05, 0.1) is 11.9 Å². The van der Waals surface area contributed by atoms with E-state index in [0.717, 1.165) is 30.4 Å². The Labute approximate surface area is 194 Å². The molecule has 2 aliphatic rings. The fraction of sp³-hybridized carbons (Fsp3) is 0.370. The summed E-state index contributed by atoms with van der Waals surface area (Å²) in [5, 5.41) is 0. The quantitative estimate of drug-likeness (QED) is 0.615. The van der Waals surface area contributed by atoms with Gasteiger partial charge in [-0.05, 0) is 30.0 Å². The summed E-state index contributed by atoms with van der Waals surface area (Å²) in [5.74, 6) is 0.312. The van der Waals surface area contributed by atoms with Crippen LogP contribution in [0.1, 0.15) is 53.1 Å². The first-order valence-corrected chi connectivity index (χ1v) is 11.7.